The van der Waals surface area contributed by atoms with E-state index in [1.807, 2.05) is 13.0 Å². The third-order valence-electron chi connectivity index (χ3n) is 2.87. The van der Waals surface area contributed by atoms with Crippen molar-refractivity contribution in [2.75, 3.05) is 24.5 Å². The Morgan fingerprint density at radius 2 is 1.84 bits per heavy atom. The molecule has 0 bridgehead atoms. The summed E-state index contributed by atoms with van der Waals surface area (Å²) >= 11 is 0. The summed E-state index contributed by atoms with van der Waals surface area (Å²) in [6, 6.07) is 3.79. The van der Waals surface area contributed by atoms with Gasteiger partial charge < -0.3 is 10.2 Å². The van der Waals surface area contributed by atoms with Gasteiger partial charge in [-0.2, -0.15) is 0 Å². The van der Waals surface area contributed by atoms with Crippen molar-refractivity contribution in [3.63, 3.8) is 0 Å². The molecule has 0 aromatic carbocycles. The summed E-state index contributed by atoms with van der Waals surface area (Å²) in [5.41, 5.74) is 1.58. The molecule has 0 spiro atoms. The second kappa shape index (κ2) is 8.51. The Labute approximate surface area is 116 Å². The second-order valence-corrected chi connectivity index (χ2v) is 4.64. The molecule has 0 atom stereocenters. The van der Waals surface area contributed by atoms with E-state index in [0.717, 1.165) is 38.0 Å². The molecule has 0 aliphatic heterocycles. The lowest BCUT2D eigenvalue weighted by Crippen LogP contribution is -2.27. The number of nitrogens with zero attached hydrogens (tertiary/aromatic N) is 2. The smallest absolute Gasteiger partial charge is 0.269 e. The highest BCUT2D eigenvalue weighted by atomic mass is 16.1. The molecule has 0 aliphatic rings. The van der Waals surface area contributed by atoms with E-state index >= 15 is 0 Å². The van der Waals surface area contributed by atoms with Crippen molar-refractivity contribution in [2.24, 2.45) is 0 Å². The molecule has 19 heavy (non-hydrogen) atoms. The maximum absolute atomic E-state index is 11.7. The highest BCUT2D eigenvalue weighted by Crippen LogP contribution is 2.14. The maximum Gasteiger partial charge on any atom is 0.269 e. The van der Waals surface area contributed by atoms with E-state index < -0.39 is 0 Å². The SMILES string of the molecule is CCCNC(=O)c1ccc(N(CCC)CCC)cn1. The summed E-state index contributed by atoms with van der Waals surface area (Å²) in [4.78, 5) is 18.3. The number of carbonyl (C=O) groups is 1. The summed E-state index contributed by atoms with van der Waals surface area (Å²) in [6.45, 7) is 9.11. The Morgan fingerprint density at radius 3 is 2.32 bits per heavy atom. The van der Waals surface area contributed by atoms with Gasteiger partial charge in [-0.3, -0.25) is 4.79 Å². The summed E-state index contributed by atoms with van der Waals surface area (Å²) in [7, 11) is 0. The highest BCUT2D eigenvalue weighted by molar-refractivity contribution is 5.92. The standard InChI is InChI=1S/C15H25N3O/c1-4-9-16-15(19)14-8-7-13(12-17-14)18(10-5-2)11-6-3/h7-8,12H,4-6,9-11H2,1-3H3,(H,16,19). The molecule has 0 saturated carbocycles. The molecule has 0 fully saturated rings. The molecule has 0 aliphatic carbocycles. The molecular weight excluding hydrogens is 238 g/mol. The minimum atomic E-state index is -0.0917. The minimum absolute atomic E-state index is 0.0917. The van der Waals surface area contributed by atoms with Crippen LogP contribution in [0.2, 0.25) is 0 Å². The van der Waals surface area contributed by atoms with Gasteiger partial charge in [0, 0.05) is 19.6 Å². The first-order valence-electron chi connectivity index (χ1n) is 7.22. The van der Waals surface area contributed by atoms with E-state index in [4.69, 9.17) is 0 Å². The van der Waals surface area contributed by atoms with Gasteiger partial charge in [0.15, 0.2) is 0 Å². The lowest BCUT2D eigenvalue weighted by atomic mass is 10.2. The average Bonchev–Trinajstić information content (AvgIpc) is 2.44. The number of nitrogens with one attached hydrogen (secondary N) is 1. The van der Waals surface area contributed by atoms with Gasteiger partial charge in [0.2, 0.25) is 0 Å². The van der Waals surface area contributed by atoms with Gasteiger partial charge in [-0.15, -0.1) is 0 Å². The van der Waals surface area contributed by atoms with Crippen molar-refractivity contribution >= 4 is 11.6 Å². The maximum atomic E-state index is 11.7. The zero-order valence-corrected chi connectivity index (χ0v) is 12.3. The number of rotatable bonds is 8. The van der Waals surface area contributed by atoms with Crippen LogP contribution in [0.25, 0.3) is 0 Å². The Kier molecular flexibility index (Phi) is 6.93. The molecule has 1 amide bonds. The first kappa shape index (κ1) is 15.5. The largest absolute Gasteiger partial charge is 0.370 e. The van der Waals surface area contributed by atoms with Crippen LogP contribution in [-0.4, -0.2) is 30.5 Å². The lowest BCUT2D eigenvalue weighted by Gasteiger charge is -2.23. The molecule has 4 heteroatoms. The van der Waals surface area contributed by atoms with Crippen LogP contribution in [0.3, 0.4) is 0 Å². The molecule has 106 valence electrons. The third-order valence-corrected chi connectivity index (χ3v) is 2.87. The van der Waals surface area contributed by atoms with E-state index in [1.54, 1.807) is 12.3 Å². The number of aromatic nitrogens is 1. The Hall–Kier alpha value is -1.58. The fraction of sp³-hybridized carbons (Fsp3) is 0.600. The second-order valence-electron chi connectivity index (χ2n) is 4.64. The molecule has 1 aromatic heterocycles. The van der Waals surface area contributed by atoms with Gasteiger partial charge in [0.1, 0.15) is 5.69 Å². The quantitative estimate of drug-likeness (QED) is 0.784. The topological polar surface area (TPSA) is 45.2 Å². The fourth-order valence-electron chi connectivity index (χ4n) is 1.95. The summed E-state index contributed by atoms with van der Waals surface area (Å²) in [5.74, 6) is -0.0917. The number of anilines is 1. The first-order chi connectivity index (χ1) is 9.22. The van der Waals surface area contributed by atoms with Gasteiger partial charge in [-0.25, -0.2) is 4.98 Å². The van der Waals surface area contributed by atoms with Crippen LogP contribution < -0.4 is 10.2 Å². The predicted octanol–water partition coefficient (Wildman–Crippen LogP) is 2.85. The van der Waals surface area contributed by atoms with Gasteiger partial charge in [0.05, 0.1) is 11.9 Å². The van der Waals surface area contributed by atoms with E-state index in [1.165, 1.54) is 0 Å². The summed E-state index contributed by atoms with van der Waals surface area (Å²) < 4.78 is 0. The minimum Gasteiger partial charge on any atom is -0.370 e. The lowest BCUT2D eigenvalue weighted by molar-refractivity contribution is 0.0948. The highest BCUT2D eigenvalue weighted by Gasteiger charge is 2.08. The monoisotopic (exact) mass is 263 g/mol. The zero-order valence-electron chi connectivity index (χ0n) is 12.3. The normalized spacial score (nSPS) is 10.3. The van der Waals surface area contributed by atoms with Crippen LogP contribution in [0.15, 0.2) is 18.3 Å². The Bertz CT molecular complexity index is 369. The number of pyridine rings is 1. The molecule has 0 radical (unpaired) electrons. The number of amides is 1. The van der Waals surface area contributed by atoms with E-state index in [0.29, 0.717) is 12.2 Å². The molecular formula is C15H25N3O. The van der Waals surface area contributed by atoms with Crippen molar-refractivity contribution in [2.45, 2.75) is 40.0 Å². The van der Waals surface area contributed by atoms with Crippen LogP contribution in [0.4, 0.5) is 5.69 Å². The number of hydrogen-bond acceptors (Lipinski definition) is 3. The van der Waals surface area contributed by atoms with Crippen molar-refractivity contribution in [3.05, 3.63) is 24.0 Å². The van der Waals surface area contributed by atoms with Crippen molar-refractivity contribution in [3.8, 4) is 0 Å². The van der Waals surface area contributed by atoms with Gasteiger partial charge in [-0.1, -0.05) is 20.8 Å². The van der Waals surface area contributed by atoms with E-state index in [2.05, 4.69) is 29.0 Å². The van der Waals surface area contributed by atoms with Crippen LogP contribution in [0, 0.1) is 0 Å². The van der Waals surface area contributed by atoms with Gasteiger partial charge >= 0.3 is 0 Å². The van der Waals surface area contributed by atoms with Crippen LogP contribution >= 0.6 is 0 Å². The molecule has 1 heterocycles. The first-order valence-corrected chi connectivity index (χ1v) is 7.22. The molecule has 0 saturated heterocycles. The number of hydrogen-bond donors (Lipinski definition) is 1. The van der Waals surface area contributed by atoms with Gasteiger partial charge in [-0.05, 0) is 31.4 Å². The molecule has 0 unspecified atom stereocenters. The Morgan fingerprint density at radius 1 is 1.16 bits per heavy atom. The van der Waals surface area contributed by atoms with Crippen molar-refractivity contribution < 1.29 is 4.79 Å². The van der Waals surface area contributed by atoms with Crippen molar-refractivity contribution in [1.29, 1.82) is 0 Å². The predicted molar refractivity (Wildman–Crippen MR) is 79.7 cm³/mol. The zero-order chi connectivity index (χ0) is 14.1. The molecule has 1 aromatic rings. The fourth-order valence-corrected chi connectivity index (χ4v) is 1.95. The molecule has 1 rings (SSSR count). The van der Waals surface area contributed by atoms with Gasteiger partial charge in [0.25, 0.3) is 5.91 Å². The number of carbonyl (C=O) groups excluding carboxylic acids is 1. The van der Waals surface area contributed by atoms with Crippen LogP contribution in [0.5, 0.6) is 0 Å². The van der Waals surface area contributed by atoms with E-state index in [9.17, 15) is 4.79 Å². The molecule has 1 N–H and O–H groups in total. The Balaban J connectivity index is 2.70. The van der Waals surface area contributed by atoms with Crippen LogP contribution in [-0.2, 0) is 0 Å². The summed E-state index contributed by atoms with van der Waals surface area (Å²) in [6.07, 6.45) is 4.95. The summed E-state index contributed by atoms with van der Waals surface area (Å²) in [5, 5.41) is 2.83. The van der Waals surface area contributed by atoms with Crippen molar-refractivity contribution in [1.82, 2.24) is 10.3 Å². The molecule has 4 nitrogen and oxygen atoms in total. The van der Waals surface area contributed by atoms with Crippen LogP contribution in [0.1, 0.15) is 50.5 Å². The average molecular weight is 263 g/mol. The van der Waals surface area contributed by atoms with E-state index in [-0.39, 0.29) is 5.91 Å². The third kappa shape index (κ3) is 4.89.